The topological polar surface area (TPSA) is 90.8 Å². The fourth-order valence-corrected chi connectivity index (χ4v) is 5.33. The van der Waals surface area contributed by atoms with Crippen molar-refractivity contribution in [2.45, 2.75) is 69.9 Å². The van der Waals surface area contributed by atoms with E-state index in [4.69, 9.17) is 14.7 Å². The standard InChI is InChI=1S/C28H41N5O3/c1-20(34)33-14-12-21(13-15-33)26-17-27(32(3)23-9-5-4-6-10-23)31-28(30-26)22-8-7-11-25(16-22)36-19-24(35)18-29-2/h7-8,11,16-17,21,23-24,29,35H,4-6,9-10,12-15,18-19H2,1-3H3. The van der Waals surface area contributed by atoms with E-state index in [1.165, 1.54) is 32.1 Å². The Morgan fingerprint density at radius 3 is 2.61 bits per heavy atom. The van der Waals surface area contributed by atoms with Gasteiger partial charge in [-0.1, -0.05) is 31.4 Å². The lowest BCUT2D eigenvalue weighted by Gasteiger charge is -2.34. The zero-order valence-electron chi connectivity index (χ0n) is 21.9. The number of aromatic nitrogens is 2. The van der Waals surface area contributed by atoms with Crippen molar-refractivity contribution in [1.82, 2.24) is 20.2 Å². The van der Waals surface area contributed by atoms with Gasteiger partial charge in [-0.2, -0.15) is 0 Å². The number of carbonyl (C=O) groups is 1. The van der Waals surface area contributed by atoms with Crippen molar-refractivity contribution >= 4 is 11.7 Å². The minimum absolute atomic E-state index is 0.145. The van der Waals surface area contributed by atoms with Gasteiger partial charge in [-0.15, -0.1) is 0 Å². The Morgan fingerprint density at radius 2 is 1.92 bits per heavy atom. The number of nitrogens with one attached hydrogen (secondary N) is 1. The number of carbonyl (C=O) groups excluding carboxylic acids is 1. The minimum atomic E-state index is -0.574. The third-order valence-corrected chi connectivity index (χ3v) is 7.55. The molecule has 0 radical (unpaired) electrons. The number of hydrogen-bond donors (Lipinski definition) is 2. The molecule has 196 valence electrons. The van der Waals surface area contributed by atoms with Gasteiger partial charge in [0.25, 0.3) is 0 Å². The van der Waals surface area contributed by atoms with Gasteiger partial charge in [-0.3, -0.25) is 4.79 Å². The Labute approximate surface area is 215 Å². The molecule has 2 N–H and O–H groups in total. The number of rotatable bonds is 9. The van der Waals surface area contributed by atoms with Crippen LogP contribution in [-0.4, -0.2) is 78.4 Å². The number of amides is 1. The van der Waals surface area contributed by atoms with Crippen molar-refractivity contribution in [3.8, 4) is 17.1 Å². The highest BCUT2D eigenvalue weighted by Crippen LogP contribution is 2.33. The summed E-state index contributed by atoms with van der Waals surface area (Å²) in [4.78, 5) is 26.1. The van der Waals surface area contributed by atoms with Gasteiger partial charge >= 0.3 is 0 Å². The summed E-state index contributed by atoms with van der Waals surface area (Å²) in [5, 5.41) is 13.0. The molecule has 8 nitrogen and oxygen atoms in total. The Hall–Kier alpha value is -2.71. The molecule has 1 aliphatic carbocycles. The highest BCUT2D eigenvalue weighted by Gasteiger charge is 2.26. The molecule has 4 rings (SSSR count). The van der Waals surface area contributed by atoms with Crippen LogP contribution in [-0.2, 0) is 4.79 Å². The van der Waals surface area contributed by atoms with Gasteiger partial charge in [0.1, 0.15) is 24.3 Å². The number of ether oxygens (including phenoxy) is 1. The molecule has 1 aromatic heterocycles. The molecule has 36 heavy (non-hydrogen) atoms. The average molecular weight is 496 g/mol. The van der Waals surface area contributed by atoms with E-state index in [2.05, 4.69) is 23.3 Å². The maximum Gasteiger partial charge on any atom is 0.219 e. The van der Waals surface area contributed by atoms with E-state index in [-0.39, 0.29) is 12.5 Å². The summed E-state index contributed by atoms with van der Waals surface area (Å²) in [6, 6.07) is 10.5. The summed E-state index contributed by atoms with van der Waals surface area (Å²) in [6.45, 7) is 3.88. The summed E-state index contributed by atoms with van der Waals surface area (Å²) in [7, 11) is 3.97. The highest BCUT2D eigenvalue weighted by atomic mass is 16.5. The molecule has 2 aromatic rings. The summed E-state index contributed by atoms with van der Waals surface area (Å²) < 4.78 is 5.84. The van der Waals surface area contributed by atoms with Crippen LogP contribution in [0.25, 0.3) is 11.4 Å². The van der Waals surface area contributed by atoms with Crippen LogP contribution in [0.1, 0.15) is 63.5 Å². The third kappa shape index (κ3) is 6.73. The maximum absolute atomic E-state index is 11.8. The van der Waals surface area contributed by atoms with Crippen LogP contribution < -0.4 is 15.0 Å². The highest BCUT2D eigenvalue weighted by molar-refractivity contribution is 5.73. The van der Waals surface area contributed by atoms with Gasteiger partial charge < -0.3 is 25.0 Å². The van der Waals surface area contributed by atoms with E-state index >= 15 is 0 Å². The van der Waals surface area contributed by atoms with E-state index in [1.54, 1.807) is 14.0 Å². The lowest BCUT2D eigenvalue weighted by atomic mass is 9.92. The van der Waals surface area contributed by atoms with Crippen LogP contribution in [0.5, 0.6) is 5.75 Å². The summed E-state index contributed by atoms with van der Waals surface area (Å²) in [6.07, 6.45) is 7.49. The number of hydrogen-bond acceptors (Lipinski definition) is 7. The van der Waals surface area contributed by atoms with Gasteiger partial charge in [0.2, 0.25) is 5.91 Å². The monoisotopic (exact) mass is 495 g/mol. The predicted molar refractivity (Wildman–Crippen MR) is 142 cm³/mol. The van der Waals surface area contributed by atoms with Crippen LogP contribution in [0.4, 0.5) is 5.82 Å². The lowest BCUT2D eigenvalue weighted by molar-refractivity contribution is -0.129. The first kappa shape index (κ1) is 26.4. The second-order valence-electron chi connectivity index (χ2n) is 10.2. The first-order chi connectivity index (χ1) is 17.4. The fraction of sp³-hybridized carbons (Fsp3) is 0.607. The predicted octanol–water partition coefficient (Wildman–Crippen LogP) is 3.60. The Balaban J connectivity index is 1.61. The van der Waals surface area contributed by atoms with Crippen LogP contribution >= 0.6 is 0 Å². The molecule has 1 saturated heterocycles. The number of likely N-dealkylation sites (N-methyl/N-ethyl adjacent to an activating group) is 1. The summed E-state index contributed by atoms with van der Waals surface area (Å²) in [5.41, 5.74) is 1.95. The van der Waals surface area contributed by atoms with Gasteiger partial charge in [0.15, 0.2) is 5.82 Å². The number of aliphatic hydroxyl groups is 1. The SMILES string of the molecule is CNCC(O)COc1cccc(-c2nc(C3CCN(C(C)=O)CC3)cc(N(C)C3CCCCC3)n2)c1. The number of likely N-dealkylation sites (tertiary alicyclic amines) is 1. The molecule has 2 heterocycles. The third-order valence-electron chi connectivity index (χ3n) is 7.55. The molecule has 2 fully saturated rings. The van der Waals surface area contributed by atoms with Crippen molar-refractivity contribution in [1.29, 1.82) is 0 Å². The number of benzene rings is 1. The van der Waals surface area contributed by atoms with Crippen LogP contribution in [0, 0.1) is 0 Å². The quantitative estimate of drug-likeness (QED) is 0.549. The molecule has 0 bridgehead atoms. The van der Waals surface area contributed by atoms with E-state index < -0.39 is 6.10 Å². The van der Waals surface area contributed by atoms with Gasteiger partial charge in [-0.05, 0) is 44.9 Å². The lowest BCUT2D eigenvalue weighted by Crippen LogP contribution is -2.37. The second-order valence-corrected chi connectivity index (χ2v) is 10.2. The van der Waals surface area contributed by atoms with E-state index in [0.717, 1.165) is 43.0 Å². The largest absolute Gasteiger partial charge is 0.491 e. The second kappa shape index (κ2) is 12.5. The number of anilines is 1. The van der Waals surface area contributed by atoms with E-state index in [1.807, 2.05) is 29.2 Å². The van der Waals surface area contributed by atoms with Gasteiger partial charge in [0, 0.05) is 62.9 Å². The van der Waals surface area contributed by atoms with Gasteiger partial charge in [0.05, 0.1) is 0 Å². The van der Waals surface area contributed by atoms with Crippen molar-refractivity contribution in [2.75, 3.05) is 45.2 Å². The van der Waals surface area contributed by atoms with Crippen LogP contribution in [0.3, 0.4) is 0 Å². The zero-order chi connectivity index (χ0) is 25.5. The molecular formula is C28H41N5O3. The number of nitrogens with zero attached hydrogens (tertiary/aromatic N) is 4. The smallest absolute Gasteiger partial charge is 0.219 e. The molecule has 2 aliphatic rings. The molecule has 1 amide bonds. The first-order valence-corrected chi connectivity index (χ1v) is 13.4. The molecule has 1 aliphatic heterocycles. The molecule has 0 spiro atoms. The zero-order valence-corrected chi connectivity index (χ0v) is 21.9. The van der Waals surface area contributed by atoms with Gasteiger partial charge in [-0.25, -0.2) is 9.97 Å². The molecule has 8 heteroatoms. The molecule has 1 atom stereocenters. The van der Waals surface area contributed by atoms with Crippen LogP contribution in [0.2, 0.25) is 0 Å². The normalized spacial score (nSPS) is 18.2. The molecule has 1 aromatic carbocycles. The number of aliphatic hydroxyl groups excluding tert-OH is 1. The van der Waals surface area contributed by atoms with E-state index in [9.17, 15) is 9.90 Å². The Kier molecular flexibility index (Phi) is 9.15. The summed E-state index contributed by atoms with van der Waals surface area (Å²) in [5.74, 6) is 2.80. The van der Waals surface area contributed by atoms with Crippen molar-refractivity contribution in [2.24, 2.45) is 0 Å². The average Bonchev–Trinajstić information content (AvgIpc) is 2.92. The van der Waals surface area contributed by atoms with Crippen molar-refractivity contribution < 1.29 is 14.6 Å². The first-order valence-electron chi connectivity index (χ1n) is 13.4. The Morgan fingerprint density at radius 1 is 1.17 bits per heavy atom. The molecule has 1 saturated carbocycles. The van der Waals surface area contributed by atoms with E-state index in [0.29, 0.717) is 30.1 Å². The fourth-order valence-electron chi connectivity index (χ4n) is 5.33. The van der Waals surface area contributed by atoms with Crippen LogP contribution in [0.15, 0.2) is 30.3 Å². The Bertz CT molecular complexity index is 1000. The molecule has 1 unspecified atom stereocenters. The maximum atomic E-state index is 11.8. The van der Waals surface area contributed by atoms with Crippen molar-refractivity contribution in [3.05, 3.63) is 36.0 Å². The summed E-state index contributed by atoms with van der Waals surface area (Å²) >= 11 is 0. The minimum Gasteiger partial charge on any atom is -0.491 e. The number of piperidine rings is 1. The van der Waals surface area contributed by atoms with Crippen molar-refractivity contribution in [3.63, 3.8) is 0 Å². The molecular weight excluding hydrogens is 454 g/mol.